The van der Waals surface area contributed by atoms with Crippen molar-refractivity contribution in [2.24, 2.45) is 0 Å². The molecule has 2 aromatic heterocycles. The first kappa shape index (κ1) is 23.3. The molecule has 0 aliphatic carbocycles. The second-order valence-corrected chi connectivity index (χ2v) is 9.19. The van der Waals surface area contributed by atoms with Crippen LogP contribution in [-0.4, -0.2) is 32.0 Å². The molecule has 0 saturated heterocycles. The van der Waals surface area contributed by atoms with Crippen molar-refractivity contribution in [3.05, 3.63) is 83.6 Å². The number of imide groups is 1. The van der Waals surface area contributed by atoms with E-state index in [0.717, 1.165) is 16.7 Å². The van der Waals surface area contributed by atoms with Gasteiger partial charge in [0.2, 0.25) is 11.7 Å². The molecular formula is C25H25N5O3S. The summed E-state index contributed by atoms with van der Waals surface area (Å²) in [5.74, 6) is 0.720. The largest absolute Gasteiger partial charge is 0.461 e. The minimum Gasteiger partial charge on any atom is -0.461 e. The van der Waals surface area contributed by atoms with Crippen LogP contribution in [0, 0.1) is 13.8 Å². The van der Waals surface area contributed by atoms with Crippen molar-refractivity contribution in [3.63, 3.8) is 0 Å². The maximum Gasteiger partial charge on any atom is 0.325 e. The summed E-state index contributed by atoms with van der Waals surface area (Å²) in [4.78, 5) is 25.1. The Morgan fingerprint density at radius 3 is 2.56 bits per heavy atom. The topological polar surface area (TPSA) is 102 Å². The molecule has 0 radical (unpaired) electrons. The highest BCUT2D eigenvalue weighted by molar-refractivity contribution is 8.00. The zero-order chi connectivity index (χ0) is 24.1. The fraction of sp³-hybridized carbons (Fsp3) is 0.200. The molecule has 4 rings (SSSR count). The lowest BCUT2D eigenvalue weighted by Crippen LogP contribution is -2.39. The van der Waals surface area contributed by atoms with Crippen LogP contribution in [0.4, 0.5) is 10.5 Å². The molecule has 3 amide bonds. The Labute approximate surface area is 201 Å². The van der Waals surface area contributed by atoms with Crippen LogP contribution in [0.2, 0.25) is 0 Å². The summed E-state index contributed by atoms with van der Waals surface area (Å²) >= 11 is 1.22. The van der Waals surface area contributed by atoms with Crippen molar-refractivity contribution in [3.8, 4) is 11.6 Å². The summed E-state index contributed by atoms with van der Waals surface area (Å²) < 4.78 is 7.43. The lowest BCUT2D eigenvalue weighted by Gasteiger charge is -2.14. The maximum atomic E-state index is 12.7. The van der Waals surface area contributed by atoms with Gasteiger partial charge in [0.1, 0.15) is 0 Å². The average molecular weight is 476 g/mol. The van der Waals surface area contributed by atoms with E-state index in [0.29, 0.717) is 29.0 Å². The number of aromatic nitrogens is 3. The van der Waals surface area contributed by atoms with Gasteiger partial charge < -0.3 is 9.73 Å². The Bertz CT molecular complexity index is 1290. The molecule has 1 atom stereocenters. The van der Waals surface area contributed by atoms with Crippen LogP contribution in [0.15, 0.2) is 76.5 Å². The van der Waals surface area contributed by atoms with Crippen molar-refractivity contribution in [2.45, 2.75) is 37.7 Å². The zero-order valence-electron chi connectivity index (χ0n) is 19.1. The first-order valence-corrected chi connectivity index (χ1v) is 11.7. The van der Waals surface area contributed by atoms with Gasteiger partial charge in [-0.1, -0.05) is 59.8 Å². The molecule has 4 aromatic rings. The van der Waals surface area contributed by atoms with Crippen molar-refractivity contribution >= 4 is 29.4 Å². The van der Waals surface area contributed by atoms with Crippen LogP contribution in [0.5, 0.6) is 0 Å². The minimum atomic E-state index is -0.590. The molecule has 174 valence electrons. The summed E-state index contributed by atoms with van der Waals surface area (Å²) in [6.07, 6.45) is 1.58. The van der Waals surface area contributed by atoms with Gasteiger partial charge in [-0.3, -0.25) is 14.7 Å². The van der Waals surface area contributed by atoms with Crippen LogP contribution >= 0.6 is 11.8 Å². The van der Waals surface area contributed by atoms with E-state index in [1.165, 1.54) is 11.8 Å². The normalized spacial score (nSPS) is 11.7. The van der Waals surface area contributed by atoms with E-state index in [1.54, 1.807) is 19.3 Å². The number of amides is 3. The number of aryl methyl sites for hydroxylation is 2. The molecule has 34 heavy (non-hydrogen) atoms. The number of carbonyl (C=O) groups is 2. The molecule has 0 saturated carbocycles. The number of thioether (sulfide) groups is 1. The SMILES string of the molecule is Cc1ccc(NC(=O)NC(=O)C(C)Sc2nnc(-c3ccco3)n2Cc2ccccc2)c(C)c1. The monoisotopic (exact) mass is 475 g/mol. The smallest absolute Gasteiger partial charge is 0.325 e. The predicted molar refractivity (Wildman–Crippen MR) is 132 cm³/mol. The van der Waals surface area contributed by atoms with Gasteiger partial charge in [-0.25, -0.2) is 4.79 Å². The van der Waals surface area contributed by atoms with E-state index < -0.39 is 17.2 Å². The van der Waals surface area contributed by atoms with E-state index in [2.05, 4.69) is 20.8 Å². The third-order valence-corrected chi connectivity index (χ3v) is 6.24. The third kappa shape index (κ3) is 5.55. The number of anilines is 1. The molecule has 0 aliphatic rings. The number of furan rings is 1. The van der Waals surface area contributed by atoms with E-state index >= 15 is 0 Å². The standard InChI is InChI=1S/C25H25N5O3S/c1-16-11-12-20(17(2)14-16)26-24(32)27-23(31)18(3)34-25-29-28-22(21-10-7-13-33-21)30(25)15-19-8-5-4-6-9-19/h4-14,18H,15H2,1-3H3,(H2,26,27,31,32). The second kappa shape index (κ2) is 10.4. The fourth-order valence-corrected chi connectivity index (χ4v) is 4.25. The number of carbonyl (C=O) groups excluding carboxylic acids is 2. The molecule has 0 spiro atoms. The number of nitrogens with one attached hydrogen (secondary N) is 2. The Balaban J connectivity index is 1.47. The zero-order valence-corrected chi connectivity index (χ0v) is 19.9. The average Bonchev–Trinajstić information content (AvgIpc) is 3.47. The third-order valence-electron chi connectivity index (χ3n) is 5.16. The van der Waals surface area contributed by atoms with Gasteiger partial charge in [0, 0.05) is 5.69 Å². The highest BCUT2D eigenvalue weighted by Crippen LogP contribution is 2.28. The van der Waals surface area contributed by atoms with Gasteiger partial charge in [-0.05, 0) is 50.1 Å². The number of urea groups is 1. The first-order valence-electron chi connectivity index (χ1n) is 10.8. The van der Waals surface area contributed by atoms with Crippen LogP contribution in [0.1, 0.15) is 23.6 Å². The first-order chi connectivity index (χ1) is 16.4. The van der Waals surface area contributed by atoms with Crippen molar-refractivity contribution < 1.29 is 14.0 Å². The molecule has 2 heterocycles. The Morgan fingerprint density at radius 2 is 1.85 bits per heavy atom. The lowest BCUT2D eigenvalue weighted by molar-refractivity contribution is -0.119. The van der Waals surface area contributed by atoms with E-state index in [4.69, 9.17) is 4.42 Å². The molecule has 2 aromatic carbocycles. The number of hydrogen-bond acceptors (Lipinski definition) is 6. The maximum absolute atomic E-state index is 12.7. The van der Waals surface area contributed by atoms with Crippen LogP contribution in [0.3, 0.4) is 0 Å². The molecule has 0 fully saturated rings. The Hall–Kier alpha value is -3.85. The molecule has 0 bridgehead atoms. The quantitative estimate of drug-likeness (QED) is 0.364. The Morgan fingerprint density at radius 1 is 1.06 bits per heavy atom. The van der Waals surface area contributed by atoms with Crippen LogP contribution in [-0.2, 0) is 11.3 Å². The van der Waals surface area contributed by atoms with E-state index in [9.17, 15) is 9.59 Å². The summed E-state index contributed by atoms with van der Waals surface area (Å²) in [5, 5.41) is 13.7. The number of hydrogen-bond donors (Lipinski definition) is 2. The lowest BCUT2D eigenvalue weighted by atomic mass is 10.1. The van der Waals surface area contributed by atoms with Crippen molar-refractivity contribution in [1.82, 2.24) is 20.1 Å². The van der Waals surface area contributed by atoms with E-state index in [1.807, 2.05) is 73.0 Å². The van der Waals surface area contributed by atoms with Crippen LogP contribution < -0.4 is 10.6 Å². The van der Waals surface area contributed by atoms with Crippen molar-refractivity contribution in [1.29, 1.82) is 0 Å². The summed E-state index contributed by atoms with van der Waals surface area (Å²) in [5.41, 5.74) is 3.73. The molecule has 2 N–H and O–H groups in total. The van der Waals surface area contributed by atoms with Crippen molar-refractivity contribution in [2.75, 3.05) is 5.32 Å². The van der Waals surface area contributed by atoms with Crippen LogP contribution in [0.25, 0.3) is 11.6 Å². The van der Waals surface area contributed by atoms with Gasteiger partial charge in [0.15, 0.2) is 10.9 Å². The fourth-order valence-electron chi connectivity index (χ4n) is 3.41. The number of rotatable bonds is 7. The second-order valence-electron chi connectivity index (χ2n) is 7.88. The highest BCUT2D eigenvalue weighted by atomic mass is 32.2. The Kier molecular flexibility index (Phi) is 7.12. The summed E-state index contributed by atoms with van der Waals surface area (Å²) in [7, 11) is 0. The molecule has 0 aliphatic heterocycles. The molecule has 9 heteroatoms. The number of nitrogens with zero attached hydrogens (tertiary/aromatic N) is 3. The number of benzene rings is 2. The van der Waals surface area contributed by atoms with Gasteiger partial charge in [-0.15, -0.1) is 10.2 Å². The van der Waals surface area contributed by atoms with E-state index in [-0.39, 0.29) is 0 Å². The van der Waals surface area contributed by atoms with Gasteiger partial charge in [0.05, 0.1) is 18.1 Å². The van der Waals surface area contributed by atoms with Gasteiger partial charge >= 0.3 is 6.03 Å². The molecular weight excluding hydrogens is 450 g/mol. The predicted octanol–water partition coefficient (Wildman–Crippen LogP) is 5.03. The van der Waals surface area contributed by atoms with Gasteiger partial charge in [0.25, 0.3) is 0 Å². The van der Waals surface area contributed by atoms with Gasteiger partial charge in [-0.2, -0.15) is 0 Å². The minimum absolute atomic E-state index is 0.430. The summed E-state index contributed by atoms with van der Waals surface area (Å²) in [6, 6.07) is 18.6. The molecule has 8 nitrogen and oxygen atoms in total. The molecule has 1 unspecified atom stereocenters. The summed E-state index contributed by atoms with van der Waals surface area (Å²) in [6.45, 7) is 6.11. The highest BCUT2D eigenvalue weighted by Gasteiger charge is 2.23.